The van der Waals surface area contributed by atoms with Gasteiger partial charge in [0.05, 0.1) is 12.6 Å². The Balaban J connectivity index is 2.03. The Labute approximate surface area is 127 Å². The molecule has 1 atom stereocenters. The van der Waals surface area contributed by atoms with Gasteiger partial charge in [-0.2, -0.15) is 0 Å². The highest BCUT2D eigenvalue weighted by Crippen LogP contribution is 2.40. The number of nitrogens with one attached hydrogen (secondary N) is 1. The van der Waals surface area contributed by atoms with Crippen molar-refractivity contribution in [2.24, 2.45) is 0 Å². The van der Waals surface area contributed by atoms with Gasteiger partial charge in [0.1, 0.15) is 5.75 Å². The fourth-order valence-electron chi connectivity index (χ4n) is 3.09. The van der Waals surface area contributed by atoms with Crippen molar-refractivity contribution in [1.29, 1.82) is 0 Å². The van der Waals surface area contributed by atoms with Gasteiger partial charge in [-0.25, -0.2) is 0 Å². The highest BCUT2D eigenvalue weighted by atomic mass is 16.5. The van der Waals surface area contributed by atoms with Crippen LogP contribution in [0.1, 0.15) is 42.1 Å². The van der Waals surface area contributed by atoms with Crippen LogP contribution < -0.4 is 10.1 Å². The fourth-order valence-corrected chi connectivity index (χ4v) is 3.09. The number of hydrogen-bond acceptors (Lipinski definition) is 2. The molecule has 2 aromatic carbocycles. The number of hydrogen-bond donors (Lipinski definition) is 1. The summed E-state index contributed by atoms with van der Waals surface area (Å²) in [5.41, 5.74) is 5.29. The average molecular weight is 281 g/mol. The van der Waals surface area contributed by atoms with Crippen LogP contribution in [0, 0.1) is 6.92 Å². The molecule has 2 aromatic rings. The third kappa shape index (κ3) is 2.56. The second-order valence-corrected chi connectivity index (χ2v) is 6.56. The van der Waals surface area contributed by atoms with Crippen LogP contribution in [0.25, 0.3) is 0 Å². The molecule has 1 unspecified atom stereocenters. The van der Waals surface area contributed by atoms with Crippen molar-refractivity contribution >= 4 is 0 Å². The van der Waals surface area contributed by atoms with E-state index in [1.54, 1.807) is 0 Å². The van der Waals surface area contributed by atoms with Crippen molar-refractivity contribution in [2.75, 3.05) is 13.7 Å². The number of ether oxygens (including phenoxy) is 1. The van der Waals surface area contributed by atoms with Crippen molar-refractivity contribution in [2.45, 2.75) is 32.2 Å². The van der Waals surface area contributed by atoms with Crippen molar-refractivity contribution in [3.05, 3.63) is 64.7 Å². The lowest BCUT2D eigenvalue weighted by molar-refractivity contribution is 0.291. The molecule has 1 N–H and O–H groups in total. The number of benzene rings is 2. The van der Waals surface area contributed by atoms with Crippen LogP contribution in [-0.4, -0.2) is 13.7 Å². The van der Waals surface area contributed by atoms with E-state index in [-0.39, 0.29) is 11.5 Å². The van der Waals surface area contributed by atoms with E-state index >= 15 is 0 Å². The molecule has 21 heavy (non-hydrogen) atoms. The van der Waals surface area contributed by atoms with Crippen molar-refractivity contribution in [3.8, 4) is 5.75 Å². The predicted octanol–water partition coefficient (Wildman–Crippen LogP) is 3.97. The van der Waals surface area contributed by atoms with Crippen LogP contribution in [0.2, 0.25) is 0 Å². The minimum atomic E-state index is 0.0935. The minimum Gasteiger partial charge on any atom is -0.492 e. The molecular formula is C19H23NO. The Morgan fingerprint density at radius 3 is 2.57 bits per heavy atom. The smallest absolute Gasteiger partial charge is 0.123 e. The second-order valence-electron chi connectivity index (χ2n) is 6.56. The first-order valence-electron chi connectivity index (χ1n) is 7.52. The molecular weight excluding hydrogens is 258 g/mol. The molecule has 1 aliphatic heterocycles. The van der Waals surface area contributed by atoms with Gasteiger partial charge in [0, 0.05) is 11.0 Å². The van der Waals surface area contributed by atoms with Gasteiger partial charge < -0.3 is 10.1 Å². The minimum absolute atomic E-state index is 0.0935. The molecule has 0 fully saturated rings. The molecule has 0 radical (unpaired) electrons. The van der Waals surface area contributed by atoms with Gasteiger partial charge in [-0.1, -0.05) is 49.7 Å². The summed E-state index contributed by atoms with van der Waals surface area (Å²) in [6.07, 6.45) is 0. The zero-order chi connectivity index (χ0) is 15.0. The lowest BCUT2D eigenvalue weighted by Crippen LogP contribution is -2.20. The van der Waals surface area contributed by atoms with E-state index in [1.807, 2.05) is 7.05 Å². The van der Waals surface area contributed by atoms with Crippen LogP contribution in [0.4, 0.5) is 0 Å². The molecule has 3 rings (SSSR count). The SMILES string of the molecule is CNC(c1cccc(C)c1)c1ccc2c(c1)C(C)(C)CO2. The standard InChI is InChI=1S/C19H23NO/c1-13-6-5-7-14(10-13)18(20-4)15-8-9-17-16(11-15)19(2,3)12-21-17/h5-11,18,20H,12H2,1-4H3. The molecule has 0 amide bonds. The third-order valence-electron chi connectivity index (χ3n) is 4.32. The van der Waals surface area contributed by atoms with E-state index in [0.717, 1.165) is 12.4 Å². The molecule has 1 heterocycles. The van der Waals surface area contributed by atoms with Gasteiger partial charge in [0.25, 0.3) is 0 Å². The molecule has 0 aromatic heterocycles. The molecule has 0 saturated heterocycles. The largest absolute Gasteiger partial charge is 0.492 e. The Bertz CT molecular complexity index is 660. The number of fused-ring (bicyclic) bond motifs is 1. The van der Waals surface area contributed by atoms with Crippen molar-refractivity contribution in [3.63, 3.8) is 0 Å². The van der Waals surface area contributed by atoms with E-state index in [0.29, 0.717) is 0 Å². The Morgan fingerprint density at radius 1 is 1.10 bits per heavy atom. The van der Waals surface area contributed by atoms with Crippen molar-refractivity contribution < 1.29 is 4.74 Å². The average Bonchev–Trinajstić information content (AvgIpc) is 2.76. The van der Waals surface area contributed by atoms with E-state index in [1.165, 1.54) is 22.3 Å². The van der Waals surface area contributed by atoms with Crippen molar-refractivity contribution in [1.82, 2.24) is 5.32 Å². The molecule has 0 spiro atoms. The van der Waals surface area contributed by atoms with Gasteiger partial charge >= 0.3 is 0 Å². The second kappa shape index (κ2) is 5.19. The highest BCUT2D eigenvalue weighted by Gasteiger charge is 2.32. The van der Waals surface area contributed by atoms with Crippen LogP contribution in [-0.2, 0) is 5.41 Å². The summed E-state index contributed by atoms with van der Waals surface area (Å²) in [6.45, 7) is 7.38. The zero-order valence-electron chi connectivity index (χ0n) is 13.2. The molecule has 1 aliphatic rings. The summed E-state index contributed by atoms with van der Waals surface area (Å²) in [4.78, 5) is 0. The topological polar surface area (TPSA) is 21.3 Å². The molecule has 2 heteroatoms. The maximum absolute atomic E-state index is 5.79. The Hall–Kier alpha value is -1.80. The van der Waals surface area contributed by atoms with Gasteiger partial charge in [-0.15, -0.1) is 0 Å². The lowest BCUT2D eigenvalue weighted by Gasteiger charge is -2.21. The maximum atomic E-state index is 5.79. The van der Waals surface area contributed by atoms with Crippen LogP contribution in [0.3, 0.4) is 0 Å². The van der Waals surface area contributed by atoms with Gasteiger partial charge in [-0.05, 0) is 37.2 Å². The first-order chi connectivity index (χ1) is 10.0. The Kier molecular flexibility index (Phi) is 3.50. The summed E-state index contributed by atoms with van der Waals surface area (Å²) >= 11 is 0. The highest BCUT2D eigenvalue weighted by molar-refractivity contribution is 5.47. The van der Waals surface area contributed by atoms with E-state index in [9.17, 15) is 0 Å². The first kappa shape index (κ1) is 14.2. The molecule has 110 valence electrons. The number of aryl methyl sites for hydroxylation is 1. The predicted molar refractivity (Wildman–Crippen MR) is 87.0 cm³/mol. The van der Waals surface area contributed by atoms with Gasteiger partial charge in [0.2, 0.25) is 0 Å². The van der Waals surface area contributed by atoms with E-state index in [4.69, 9.17) is 4.74 Å². The lowest BCUT2D eigenvalue weighted by atomic mass is 9.84. The molecule has 0 aliphatic carbocycles. The van der Waals surface area contributed by atoms with E-state index in [2.05, 4.69) is 68.6 Å². The summed E-state index contributed by atoms with van der Waals surface area (Å²) < 4.78 is 5.79. The number of rotatable bonds is 3. The van der Waals surface area contributed by atoms with Crippen LogP contribution in [0.5, 0.6) is 5.75 Å². The molecule has 0 saturated carbocycles. The normalized spacial score (nSPS) is 17.1. The molecule has 0 bridgehead atoms. The summed E-state index contributed by atoms with van der Waals surface area (Å²) in [6, 6.07) is 15.5. The van der Waals surface area contributed by atoms with Gasteiger partial charge in [-0.3, -0.25) is 0 Å². The van der Waals surface area contributed by atoms with Crippen LogP contribution >= 0.6 is 0 Å². The Morgan fingerprint density at radius 2 is 1.86 bits per heavy atom. The summed E-state index contributed by atoms with van der Waals surface area (Å²) in [5, 5.41) is 3.44. The fraction of sp³-hybridized carbons (Fsp3) is 0.368. The van der Waals surface area contributed by atoms with Gasteiger partial charge in [0.15, 0.2) is 0 Å². The van der Waals surface area contributed by atoms with Crippen LogP contribution in [0.15, 0.2) is 42.5 Å². The summed E-state index contributed by atoms with van der Waals surface area (Å²) in [5.74, 6) is 1.03. The van der Waals surface area contributed by atoms with E-state index < -0.39 is 0 Å². The quantitative estimate of drug-likeness (QED) is 0.919. The monoisotopic (exact) mass is 281 g/mol. The molecule has 2 nitrogen and oxygen atoms in total. The third-order valence-corrected chi connectivity index (χ3v) is 4.32. The summed E-state index contributed by atoms with van der Waals surface area (Å²) in [7, 11) is 2.02. The zero-order valence-corrected chi connectivity index (χ0v) is 13.2. The maximum Gasteiger partial charge on any atom is 0.123 e. The first-order valence-corrected chi connectivity index (χ1v) is 7.52.